The average molecular weight is 395 g/mol. The maximum Gasteiger partial charge on any atom is 0.321 e. The summed E-state index contributed by atoms with van der Waals surface area (Å²) >= 11 is 1.36. The predicted octanol–water partition coefficient (Wildman–Crippen LogP) is 2.65. The largest absolute Gasteiger partial charge is 0.337 e. The summed E-state index contributed by atoms with van der Waals surface area (Å²) in [5.74, 6) is 0.324. The summed E-state index contributed by atoms with van der Waals surface area (Å²) < 4.78 is 26.4. The molecule has 2 aromatic rings. The number of carbonyl (C=O) groups is 1. The second-order valence-corrected chi connectivity index (χ2v) is 9.20. The van der Waals surface area contributed by atoms with Crippen molar-refractivity contribution in [1.82, 2.24) is 15.0 Å². The van der Waals surface area contributed by atoms with Crippen molar-refractivity contribution < 1.29 is 13.2 Å². The summed E-state index contributed by atoms with van der Waals surface area (Å²) in [6, 6.07) is 9.29. The van der Waals surface area contributed by atoms with Crippen molar-refractivity contribution in [3.8, 4) is 10.4 Å². The number of rotatable bonds is 8. The van der Waals surface area contributed by atoms with Crippen LogP contribution in [0.1, 0.15) is 19.3 Å². The first-order valence-electron chi connectivity index (χ1n) is 8.55. The Morgan fingerprint density at radius 2 is 2.00 bits per heavy atom. The van der Waals surface area contributed by atoms with Crippen LogP contribution in [0, 0.1) is 5.92 Å². The number of sulfonamides is 1. The van der Waals surface area contributed by atoms with E-state index in [9.17, 15) is 13.2 Å². The number of amides is 2. The van der Waals surface area contributed by atoms with Crippen LogP contribution in [0.3, 0.4) is 0 Å². The van der Waals surface area contributed by atoms with Crippen LogP contribution in [0.4, 0.5) is 9.93 Å². The molecule has 0 unspecified atom stereocenters. The minimum absolute atomic E-state index is 0.0444. The molecule has 26 heavy (non-hydrogen) atoms. The first-order chi connectivity index (χ1) is 12.5. The highest BCUT2D eigenvalue weighted by Gasteiger charge is 2.20. The summed E-state index contributed by atoms with van der Waals surface area (Å²) in [5, 5.41) is 5.64. The van der Waals surface area contributed by atoms with E-state index in [1.807, 2.05) is 30.3 Å². The highest BCUT2D eigenvalue weighted by molar-refractivity contribution is 7.89. The summed E-state index contributed by atoms with van der Waals surface area (Å²) in [6.07, 6.45) is 5.05. The van der Waals surface area contributed by atoms with Crippen LogP contribution in [-0.2, 0) is 10.0 Å². The third-order valence-electron chi connectivity index (χ3n) is 4.26. The van der Waals surface area contributed by atoms with Gasteiger partial charge in [0.15, 0.2) is 5.13 Å². The molecule has 1 fully saturated rings. The van der Waals surface area contributed by atoms with Gasteiger partial charge in [0.05, 0.1) is 10.6 Å². The van der Waals surface area contributed by atoms with E-state index in [0.29, 0.717) is 17.6 Å². The summed E-state index contributed by atoms with van der Waals surface area (Å²) in [7, 11) is -3.36. The molecule has 0 radical (unpaired) electrons. The van der Waals surface area contributed by atoms with E-state index in [-0.39, 0.29) is 12.3 Å². The van der Waals surface area contributed by atoms with Crippen LogP contribution in [0.15, 0.2) is 36.5 Å². The second-order valence-electron chi connectivity index (χ2n) is 6.24. The predicted molar refractivity (Wildman–Crippen MR) is 104 cm³/mol. The lowest BCUT2D eigenvalue weighted by Crippen LogP contribution is -2.38. The zero-order chi connectivity index (χ0) is 18.4. The van der Waals surface area contributed by atoms with E-state index < -0.39 is 16.1 Å². The van der Waals surface area contributed by atoms with Crippen LogP contribution in [-0.4, -0.2) is 38.3 Å². The summed E-state index contributed by atoms with van der Waals surface area (Å²) in [4.78, 5) is 17.0. The highest BCUT2D eigenvalue weighted by Crippen LogP contribution is 2.28. The quantitative estimate of drug-likeness (QED) is 0.641. The fraction of sp³-hybridized carbons (Fsp3) is 0.412. The van der Waals surface area contributed by atoms with Gasteiger partial charge in [0.1, 0.15) is 0 Å². The molecule has 2 amide bonds. The number of carbonyl (C=O) groups excluding carboxylic acids is 1. The van der Waals surface area contributed by atoms with E-state index in [4.69, 9.17) is 0 Å². The van der Waals surface area contributed by atoms with Crippen molar-refractivity contribution in [1.29, 1.82) is 0 Å². The normalized spacial score (nSPS) is 14.6. The van der Waals surface area contributed by atoms with Gasteiger partial charge in [0.2, 0.25) is 10.0 Å². The molecule has 0 bridgehead atoms. The zero-order valence-corrected chi connectivity index (χ0v) is 15.9. The van der Waals surface area contributed by atoms with Gasteiger partial charge in [0.25, 0.3) is 0 Å². The first kappa shape index (κ1) is 18.8. The molecular weight excluding hydrogens is 372 g/mol. The molecular formula is C17H22N4O3S2. The Labute approximate surface area is 157 Å². The van der Waals surface area contributed by atoms with E-state index in [2.05, 4.69) is 20.3 Å². The van der Waals surface area contributed by atoms with Crippen molar-refractivity contribution in [3.05, 3.63) is 36.5 Å². The Balaban J connectivity index is 1.40. The molecule has 1 aromatic heterocycles. The number of nitrogens with zero attached hydrogens (tertiary/aromatic N) is 1. The van der Waals surface area contributed by atoms with E-state index in [1.165, 1.54) is 17.8 Å². The van der Waals surface area contributed by atoms with Gasteiger partial charge in [-0.15, -0.1) is 0 Å². The fourth-order valence-electron chi connectivity index (χ4n) is 2.52. The molecule has 1 aliphatic rings. The molecule has 0 aliphatic heterocycles. The minimum Gasteiger partial charge on any atom is -0.337 e. The Morgan fingerprint density at radius 3 is 2.69 bits per heavy atom. The summed E-state index contributed by atoms with van der Waals surface area (Å²) in [5.41, 5.74) is 1.03. The van der Waals surface area contributed by atoms with E-state index in [0.717, 1.165) is 23.3 Å². The Morgan fingerprint density at radius 1 is 1.23 bits per heavy atom. The van der Waals surface area contributed by atoms with E-state index >= 15 is 0 Å². The standard InChI is InChI=1S/C17H22N4O3S2/c22-16(18-9-10-26(23,24)20-11-13-5-4-6-13)21-17-19-12-15(25-17)14-7-2-1-3-8-14/h1-3,7-8,12-13,20H,4-6,9-11H2,(H2,18,19,21,22). The molecule has 3 N–H and O–H groups in total. The van der Waals surface area contributed by atoms with Crippen molar-refractivity contribution in [2.75, 3.05) is 24.2 Å². The Kier molecular flexibility index (Phi) is 6.23. The number of hydrogen-bond acceptors (Lipinski definition) is 5. The zero-order valence-electron chi connectivity index (χ0n) is 14.3. The van der Waals surface area contributed by atoms with Crippen LogP contribution < -0.4 is 15.4 Å². The number of hydrogen-bond donors (Lipinski definition) is 3. The number of thiazole rings is 1. The molecule has 0 atom stereocenters. The fourth-order valence-corrected chi connectivity index (χ4v) is 4.34. The van der Waals surface area contributed by atoms with Gasteiger partial charge in [-0.2, -0.15) is 0 Å². The minimum atomic E-state index is -3.36. The van der Waals surface area contributed by atoms with Crippen molar-refractivity contribution >= 4 is 32.5 Å². The maximum atomic E-state index is 11.9. The SMILES string of the molecule is O=C(NCCS(=O)(=O)NCC1CCC1)Nc1ncc(-c2ccccc2)s1. The van der Waals surface area contributed by atoms with Gasteiger partial charge < -0.3 is 5.32 Å². The van der Waals surface area contributed by atoms with Gasteiger partial charge >= 0.3 is 6.03 Å². The highest BCUT2D eigenvalue weighted by atomic mass is 32.2. The summed E-state index contributed by atoms with van der Waals surface area (Å²) in [6.45, 7) is 0.540. The van der Waals surface area contributed by atoms with Crippen LogP contribution in [0.2, 0.25) is 0 Å². The third-order valence-corrected chi connectivity index (χ3v) is 6.57. The smallest absolute Gasteiger partial charge is 0.321 e. The average Bonchev–Trinajstić information content (AvgIpc) is 3.02. The molecule has 7 nitrogen and oxygen atoms in total. The lowest BCUT2D eigenvalue weighted by atomic mass is 9.86. The number of nitrogens with one attached hydrogen (secondary N) is 3. The van der Waals surface area contributed by atoms with Gasteiger partial charge in [-0.1, -0.05) is 48.1 Å². The van der Waals surface area contributed by atoms with Gasteiger partial charge in [-0.05, 0) is 24.3 Å². The topological polar surface area (TPSA) is 100 Å². The Bertz CT molecular complexity index is 833. The van der Waals surface area contributed by atoms with E-state index in [1.54, 1.807) is 6.20 Å². The van der Waals surface area contributed by atoms with Gasteiger partial charge in [-0.25, -0.2) is 22.9 Å². The molecule has 0 spiro atoms. The lowest BCUT2D eigenvalue weighted by molar-refractivity contribution is 0.252. The Hall–Kier alpha value is -1.97. The molecule has 0 saturated heterocycles. The van der Waals surface area contributed by atoms with Crippen molar-refractivity contribution in [2.45, 2.75) is 19.3 Å². The molecule has 1 aliphatic carbocycles. The molecule has 140 valence electrons. The van der Waals surface area contributed by atoms with Gasteiger partial charge in [-0.3, -0.25) is 5.32 Å². The number of urea groups is 1. The number of aromatic nitrogens is 1. The molecule has 1 saturated carbocycles. The van der Waals surface area contributed by atoms with Crippen LogP contribution in [0.5, 0.6) is 0 Å². The van der Waals surface area contributed by atoms with Crippen LogP contribution in [0.25, 0.3) is 10.4 Å². The number of benzene rings is 1. The van der Waals surface area contributed by atoms with Crippen molar-refractivity contribution in [2.24, 2.45) is 5.92 Å². The molecule has 9 heteroatoms. The van der Waals surface area contributed by atoms with Crippen LogP contribution >= 0.6 is 11.3 Å². The monoisotopic (exact) mass is 394 g/mol. The molecule has 1 heterocycles. The lowest BCUT2D eigenvalue weighted by Gasteiger charge is -2.25. The van der Waals surface area contributed by atoms with Gasteiger partial charge in [0, 0.05) is 19.3 Å². The first-order valence-corrected chi connectivity index (χ1v) is 11.0. The molecule has 3 rings (SSSR count). The second kappa shape index (κ2) is 8.61. The molecule has 1 aromatic carbocycles. The maximum absolute atomic E-state index is 11.9. The van der Waals surface area contributed by atoms with Crippen molar-refractivity contribution in [3.63, 3.8) is 0 Å². The third kappa shape index (κ3) is 5.52. The number of anilines is 1.